The lowest BCUT2D eigenvalue weighted by Gasteiger charge is -2.28. The van der Waals surface area contributed by atoms with Gasteiger partial charge in [-0.3, -0.25) is 4.31 Å². The van der Waals surface area contributed by atoms with Crippen molar-refractivity contribution in [1.29, 1.82) is 0 Å². The Balaban J connectivity index is 3.30. The summed E-state index contributed by atoms with van der Waals surface area (Å²) in [5.74, 6) is -0.558. The number of hydrogen-bond donors (Lipinski definition) is 0. The van der Waals surface area contributed by atoms with Crippen LogP contribution in [0.3, 0.4) is 0 Å². The molecule has 1 aromatic rings. The Hall–Kier alpha value is -1.56. The molecule has 0 radical (unpaired) electrons. The van der Waals surface area contributed by atoms with Gasteiger partial charge in [0.2, 0.25) is 10.0 Å². The fraction of sp³-hybridized carbons (Fsp3) is 0.500. The van der Waals surface area contributed by atoms with Crippen molar-refractivity contribution in [3.63, 3.8) is 0 Å². The normalized spacial score (nSPS) is 12.8. The van der Waals surface area contributed by atoms with Gasteiger partial charge in [0.1, 0.15) is 6.04 Å². The van der Waals surface area contributed by atoms with Crippen molar-refractivity contribution in [2.75, 3.05) is 17.2 Å². The number of esters is 1. The van der Waals surface area contributed by atoms with Gasteiger partial charge in [-0.05, 0) is 51.0 Å². The van der Waals surface area contributed by atoms with E-state index >= 15 is 0 Å². The van der Waals surface area contributed by atoms with Gasteiger partial charge in [-0.15, -0.1) is 0 Å². The number of rotatable bonds is 5. The van der Waals surface area contributed by atoms with Gasteiger partial charge in [-0.25, -0.2) is 13.2 Å². The molecule has 0 bridgehead atoms. The van der Waals surface area contributed by atoms with Crippen molar-refractivity contribution in [3.05, 3.63) is 29.3 Å². The smallest absolute Gasteiger partial charge is 0.329 e. The van der Waals surface area contributed by atoms with Crippen molar-refractivity contribution in [3.8, 4) is 0 Å². The van der Waals surface area contributed by atoms with Crippen molar-refractivity contribution in [1.82, 2.24) is 0 Å². The third-order valence-corrected chi connectivity index (χ3v) is 4.04. The van der Waals surface area contributed by atoms with E-state index < -0.39 is 22.0 Å². The minimum atomic E-state index is -3.58. The van der Waals surface area contributed by atoms with E-state index in [1.165, 1.54) is 6.92 Å². The first-order valence-electron chi connectivity index (χ1n) is 6.41. The predicted octanol–water partition coefficient (Wildman–Crippen LogP) is 2.02. The van der Waals surface area contributed by atoms with E-state index in [1.54, 1.807) is 19.1 Å². The Labute approximate surface area is 120 Å². The van der Waals surface area contributed by atoms with Crippen LogP contribution in [-0.2, 0) is 19.6 Å². The molecule has 0 amide bonds. The summed E-state index contributed by atoms with van der Waals surface area (Å²) in [5.41, 5.74) is 2.35. The summed E-state index contributed by atoms with van der Waals surface area (Å²) in [4.78, 5) is 11.8. The highest BCUT2D eigenvalue weighted by Gasteiger charge is 2.30. The molecular weight excluding hydrogens is 278 g/mol. The number of ether oxygens (including phenoxy) is 1. The largest absolute Gasteiger partial charge is 0.464 e. The van der Waals surface area contributed by atoms with Gasteiger partial charge >= 0.3 is 5.97 Å². The molecule has 0 aliphatic carbocycles. The minimum absolute atomic E-state index is 0.216. The Kier molecular flexibility index (Phi) is 5.16. The highest BCUT2D eigenvalue weighted by atomic mass is 32.2. The van der Waals surface area contributed by atoms with E-state index in [9.17, 15) is 13.2 Å². The molecule has 1 atom stereocenters. The minimum Gasteiger partial charge on any atom is -0.464 e. The average Bonchev–Trinajstić information content (AvgIpc) is 2.25. The first kappa shape index (κ1) is 16.5. The summed E-state index contributed by atoms with van der Waals surface area (Å²) in [6, 6.07) is 4.53. The lowest BCUT2D eigenvalue weighted by molar-refractivity contribution is -0.144. The van der Waals surface area contributed by atoms with Crippen LogP contribution < -0.4 is 4.31 Å². The van der Waals surface area contributed by atoms with Crippen molar-refractivity contribution in [2.24, 2.45) is 0 Å². The molecule has 20 heavy (non-hydrogen) atoms. The Bertz CT molecular complexity index is 575. The van der Waals surface area contributed by atoms with E-state index in [0.717, 1.165) is 21.7 Å². The maximum absolute atomic E-state index is 12.0. The lowest BCUT2D eigenvalue weighted by Crippen LogP contribution is -2.43. The summed E-state index contributed by atoms with van der Waals surface area (Å²) >= 11 is 0. The van der Waals surface area contributed by atoms with Crippen LogP contribution >= 0.6 is 0 Å². The van der Waals surface area contributed by atoms with Crippen LogP contribution in [0.1, 0.15) is 25.0 Å². The molecule has 6 heteroatoms. The number of anilines is 1. The van der Waals surface area contributed by atoms with Gasteiger partial charge < -0.3 is 4.74 Å². The first-order chi connectivity index (χ1) is 9.16. The molecule has 0 N–H and O–H groups in total. The topological polar surface area (TPSA) is 63.7 Å². The second kappa shape index (κ2) is 6.26. The summed E-state index contributed by atoms with van der Waals surface area (Å²) in [7, 11) is -3.58. The molecule has 1 aromatic carbocycles. The maximum Gasteiger partial charge on any atom is 0.329 e. The summed E-state index contributed by atoms with van der Waals surface area (Å²) < 4.78 is 30.1. The first-order valence-corrected chi connectivity index (χ1v) is 8.26. The van der Waals surface area contributed by atoms with Gasteiger partial charge in [0, 0.05) is 0 Å². The maximum atomic E-state index is 12.0. The second-order valence-corrected chi connectivity index (χ2v) is 6.69. The molecule has 0 heterocycles. The van der Waals surface area contributed by atoms with Crippen LogP contribution in [0.15, 0.2) is 18.2 Å². The monoisotopic (exact) mass is 299 g/mol. The molecule has 0 saturated carbocycles. The van der Waals surface area contributed by atoms with E-state index in [0.29, 0.717) is 5.69 Å². The number of nitrogens with zero attached hydrogens (tertiary/aromatic N) is 1. The molecule has 1 unspecified atom stereocenters. The standard InChI is InChI=1S/C14H21NO4S/c1-6-19-14(16)12(4)15(20(5,17)18)13-8-10(2)7-11(3)9-13/h7-9,12H,6H2,1-5H3. The van der Waals surface area contributed by atoms with Gasteiger partial charge in [-0.1, -0.05) is 6.07 Å². The van der Waals surface area contributed by atoms with E-state index in [4.69, 9.17) is 4.74 Å². The molecule has 0 saturated heterocycles. The van der Waals surface area contributed by atoms with Gasteiger partial charge in [0.05, 0.1) is 18.6 Å². The molecule has 5 nitrogen and oxygen atoms in total. The third kappa shape index (κ3) is 3.96. The number of sulfonamides is 1. The van der Waals surface area contributed by atoms with Crippen LogP contribution in [0.25, 0.3) is 0 Å². The SMILES string of the molecule is CCOC(=O)C(C)N(c1cc(C)cc(C)c1)S(C)(=O)=O. The summed E-state index contributed by atoms with van der Waals surface area (Å²) in [5, 5.41) is 0. The number of hydrogen-bond acceptors (Lipinski definition) is 4. The molecule has 0 aromatic heterocycles. The van der Waals surface area contributed by atoms with E-state index in [2.05, 4.69) is 0 Å². The zero-order chi connectivity index (χ0) is 15.5. The van der Waals surface area contributed by atoms with Crippen LogP contribution in [0.5, 0.6) is 0 Å². The van der Waals surface area contributed by atoms with E-state index in [1.807, 2.05) is 19.9 Å². The van der Waals surface area contributed by atoms with Crippen molar-refractivity contribution < 1.29 is 17.9 Å². The molecule has 1 rings (SSSR count). The summed E-state index contributed by atoms with van der Waals surface area (Å²) in [6.07, 6.45) is 1.08. The fourth-order valence-electron chi connectivity index (χ4n) is 2.14. The van der Waals surface area contributed by atoms with Crippen molar-refractivity contribution in [2.45, 2.75) is 33.7 Å². The molecule has 0 aliphatic rings. The van der Waals surface area contributed by atoms with Crippen LogP contribution in [-0.4, -0.2) is 33.3 Å². The van der Waals surface area contributed by atoms with Crippen LogP contribution in [0, 0.1) is 13.8 Å². The summed E-state index contributed by atoms with van der Waals surface area (Å²) in [6.45, 7) is 7.19. The number of benzene rings is 1. The molecule has 0 spiro atoms. The second-order valence-electron chi connectivity index (χ2n) is 4.83. The lowest BCUT2D eigenvalue weighted by atomic mass is 10.1. The van der Waals surface area contributed by atoms with Crippen molar-refractivity contribution >= 4 is 21.7 Å². The molecule has 0 aliphatic heterocycles. The highest BCUT2D eigenvalue weighted by Crippen LogP contribution is 2.24. The molecule has 112 valence electrons. The highest BCUT2D eigenvalue weighted by molar-refractivity contribution is 7.92. The average molecular weight is 299 g/mol. The van der Waals surface area contributed by atoms with E-state index in [-0.39, 0.29) is 6.61 Å². The fourth-order valence-corrected chi connectivity index (χ4v) is 3.29. The quantitative estimate of drug-likeness (QED) is 0.780. The number of carbonyl (C=O) groups excluding carboxylic acids is 1. The predicted molar refractivity (Wildman–Crippen MR) is 79.3 cm³/mol. The zero-order valence-electron chi connectivity index (χ0n) is 12.5. The molecule has 0 fully saturated rings. The third-order valence-electron chi connectivity index (χ3n) is 2.80. The Morgan fingerprint density at radius 2 is 1.75 bits per heavy atom. The van der Waals surface area contributed by atoms with Crippen LogP contribution in [0.2, 0.25) is 0 Å². The van der Waals surface area contributed by atoms with Gasteiger partial charge in [-0.2, -0.15) is 0 Å². The van der Waals surface area contributed by atoms with Gasteiger partial charge in [0.25, 0.3) is 0 Å². The van der Waals surface area contributed by atoms with Gasteiger partial charge in [0.15, 0.2) is 0 Å². The number of carbonyl (C=O) groups is 1. The Morgan fingerprint density at radius 3 is 2.15 bits per heavy atom. The zero-order valence-corrected chi connectivity index (χ0v) is 13.3. The Morgan fingerprint density at radius 1 is 1.25 bits per heavy atom. The van der Waals surface area contributed by atoms with Crippen LogP contribution in [0.4, 0.5) is 5.69 Å². The number of aryl methyl sites for hydroxylation is 2. The molecular formula is C14H21NO4S.